The Morgan fingerprint density at radius 3 is 2.71 bits per heavy atom. The predicted molar refractivity (Wildman–Crippen MR) is 54.5 cm³/mol. The molecule has 0 amide bonds. The van der Waals surface area contributed by atoms with Crippen molar-refractivity contribution in [3.8, 4) is 0 Å². The third-order valence-corrected chi connectivity index (χ3v) is 1.70. The lowest BCUT2D eigenvalue weighted by Gasteiger charge is -2.08. The van der Waals surface area contributed by atoms with Crippen molar-refractivity contribution < 1.29 is 9.90 Å². The molecule has 0 fully saturated rings. The monoisotopic (exact) mass is 194 g/mol. The van der Waals surface area contributed by atoms with Crippen LogP contribution in [0.15, 0.2) is 18.3 Å². The van der Waals surface area contributed by atoms with Crippen molar-refractivity contribution in [3.63, 3.8) is 0 Å². The highest BCUT2D eigenvalue weighted by Crippen LogP contribution is 2.06. The molecule has 0 aliphatic rings. The molecule has 0 spiro atoms. The minimum absolute atomic E-state index is 0.0695. The minimum Gasteiger partial charge on any atom is -0.477 e. The van der Waals surface area contributed by atoms with E-state index in [0.29, 0.717) is 5.92 Å². The number of nitrogens with one attached hydrogen (secondary N) is 1. The maximum absolute atomic E-state index is 10.5. The molecule has 4 nitrogen and oxygen atoms in total. The van der Waals surface area contributed by atoms with Gasteiger partial charge in [-0.25, -0.2) is 9.78 Å². The van der Waals surface area contributed by atoms with E-state index in [1.165, 1.54) is 12.3 Å². The molecule has 0 unspecified atom stereocenters. The molecule has 0 saturated heterocycles. The largest absolute Gasteiger partial charge is 0.477 e. The van der Waals surface area contributed by atoms with Crippen LogP contribution < -0.4 is 5.32 Å². The normalized spacial score (nSPS) is 10.2. The summed E-state index contributed by atoms with van der Waals surface area (Å²) in [6.07, 6.45) is 1.53. The molecule has 76 valence electrons. The summed E-state index contributed by atoms with van der Waals surface area (Å²) in [5, 5.41) is 11.8. The van der Waals surface area contributed by atoms with Crippen LogP contribution in [0.3, 0.4) is 0 Å². The quantitative estimate of drug-likeness (QED) is 0.767. The molecule has 0 aromatic carbocycles. The topological polar surface area (TPSA) is 62.2 Å². The van der Waals surface area contributed by atoms with Gasteiger partial charge in [0.2, 0.25) is 0 Å². The highest BCUT2D eigenvalue weighted by molar-refractivity contribution is 5.85. The number of anilines is 1. The van der Waals surface area contributed by atoms with E-state index >= 15 is 0 Å². The lowest BCUT2D eigenvalue weighted by atomic mass is 10.2. The van der Waals surface area contributed by atoms with Gasteiger partial charge in [0.15, 0.2) is 0 Å². The fraction of sp³-hybridized carbons (Fsp3) is 0.400. The van der Waals surface area contributed by atoms with Crippen molar-refractivity contribution in [1.82, 2.24) is 4.98 Å². The van der Waals surface area contributed by atoms with Gasteiger partial charge in [-0.05, 0) is 18.1 Å². The first-order chi connectivity index (χ1) is 6.59. The molecule has 0 bridgehead atoms. The molecule has 0 aliphatic heterocycles. The molecular formula is C10H14N2O2. The molecular weight excluding hydrogens is 180 g/mol. The van der Waals surface area contributed by atoms with Gasteiger partial charge in [0.05, 0.1) is 11.9 Å². The molecule has 0 radical (unpaired) electrons. The number of hydrogen-bond acceptors (Lipinski definition) is 3. The second-order valence-corrected chi connectivity index (χ2v) is 3.51. The smallest absolute Gasteiger partial charge is 0.354 e. The summed E-state index contributed by atoms with van der Waals surface area (Å²) >= 11 is 0. The molecule has 0 saturated carbocycles. The molecule has 1 rings (SSSR count). The first kappa shape index (κ1) is 10.5. The third kappa shape index (κ3) is 3.05. The van der Waals surface area contributed by atoms with Gasteiger partial charge in [-0.1, -0.05) is 13.8 Å². The van der Waals surface area contributed by atoms with Crippen molar-refractivity contribution in [2.45, 2.75) is 13.8 Å². The fourth-order valence-corrected chi connectivity index (χ4v) is 0.947. The van der Waals surface area contributed by atoms with Crippen LogP contribution in [0, 0.1) is 5.92 Å². The lowest BCUT2D eigenvalue weighted by molar-refractivity contribution is 0.0690. The fourth-order valence-electron chi connectivity index (χ4n) is 0.947. The average molecular weight is 194 g/mol. The van der Waals surface area contributed by atoms with E-state index in [1.807, 2.05) is 0 Å². The molecule has 4 heteroatoms. The Labute approximate surface area is 83.0 Å². The number of nitrogens with zero attached hydrogens (tertiary/aromatic N) is 1. The van der Waals surface area contributed by atoms with Crippen molar-refractivity contribution >= 4 is 11.7 Å². The summed E-state index contributed by atoms with van der Waals surface area (Å²) in [4.78, 5) is 14.3. The number of carboxylic acid groups (broad SMARTS) is 1. The molecule has 2 N–H and O–H groups in total. The second kappa shape index (κ2) is 4.60. The van der Waals surface area contributed by atoms with Crippen molar-refractivity contribution in [1.29, 1.82) is 0 Å². The van der Waals surface area contributed by atoms with E-state index in [1.54, 1.807) is 6.07 Å². The zero-order valence-electron chi connectivity index (χ0n) is 8.32. The van der Waals surface area contributed by atoms with Gasteiger partial charge in [-0.15, -0.1) is 0 Å². The molecule has 1 aromatic heterocycles. The van der Waals surface area contributed by atoms with Gasteiger partial charge in [0.25, 0.3) is 0 Å². The zero-order valence-corrected chi connectivity index (χ0v) is 8.32. The van der Waals surface area contributed by atoms with Crippen LogP contribution in [0.1, 0.15) is 24.3 Å². The summed E-state index contributed by atoms with van der Waals surface area (Å²) in [6, 6.07) is 3.21. The van der Waals surface area contributed by atoms with E-state index in [2.05, 4.69) is 24.1 Å². The van der Waals surface area contributed by atoms with Crippen molar-refractivity contribution in [2.24, 2.45) is 5.92 Å². The Bertz CT molecular complexity index is 306. The van der Waals surface area contributed by atoms with Crippen molar-refractivity contribution in [2.75, 3.05) is 11.9 Å². The van der Waals surface area contributed by atoms with Gasteiger partial charge >= 0.3 is 5.97 Å². The summed E-state index contributed by atoms with van der Waals surface area (Å²) in [7, 11) is 0. The molecule has 1 heterocycles. The van der Waals surface area contributed by atoms with Gasteiger partial charge < -0.3 is 10.4 Å². The van der Waals surface area contributed by atoms with Gasteiger partial charge in [0, 0.05) is 6.54 Å². The highest BCUT2D eigenvalue weighted by Gasteiger charge is 2.03. The minimum atomic E-state index is -1.000. The summed E-state index contributed by atoms with van der Waals surface area (Å²) in [5.41, 5.74) is 0.920. The van der Waals surface area contributed by atoms with E-state index in [9.17, 15) is 4.79 Å². The standard InChI is InChI=1S/C10H14N2O2/c1-7(2)5-11-8-3-4-9(10(13)14)12-6-8/h3-4,6-7,11H,5H2,1-2H3,(H,13,14). The van der Waals surface area contributed by atoms with Crippen LogP contribution in [-0.2, 0) is 0 Å². The van der Waals surface area contributed by atoms with Crippen LogP contribution in [0.5, 0.6) is 0 Å². The highest BCUT2D eigenvalue weighted by atomic mass is 16.4. The first-order valence-electron chi connectivity index (χ1n) is 4.53. The SMILES string of the molecule is CC(C)CNc1ccc(C(=O)O)nc1. The predicted octanol–water partition coefficient (Wildman–Crippen LogP) is 1.85. The maximum Gasteiger partial charge on any atom is 0.354 e. The zero-order chi connectivity index (χ0) is 10.6. The van der Waals surface area contributed by atoms with E-state index in [-0.39, 0.29) is 5.69 Å². The maximum atomic E-state index is 10.5. The Morgan fingerprint density at radius 2 is 2.29 bits per heavy atom. The van der Waals surface area contributed by atoms with Crippen molar-refractivity contribution in [3.05, 3.63) is 24.0 Å². The average Bonchev–Trinajstić information content (AvgIpc) is 2.15. The lowest BCUT2D eigenvalue weighted by Crippen LogP contribution is -2.08. The molecule has 14 heavy (non-hydrogen) atoms. The Morgan fingerprint density at radius 1 is 1.57 bits per heavy atom. The third-order valence-electron chi connectivity index (χ3n) is 1.70. The number of aromatic carboxylic acids is 1. The summed E-state index contributed by atoms with van der Waals surface area (Å²) < 4.78 is 0. The van der Waals surface area contributed by atoms with Gasteiger partial charge in [-0.3, -0.25) is 0 Å². The Balaban J connectivity index is 2.60. The molecule has 0 atom stereocenters. The number of carboxylic acids is 1. The van der Waals surface area contributed by atoms with Crippen LogP contribution in [0.4, 0.5) is 5.69 Å². The number of rotatable bonds is 4. The Hall–Kier alpha value is -1.58. The van der Waals surface area contributed by atoms with E-state index < -0.39 is 5.97 Å². The number of pyridine rings is 1. The first-order valence-corrected chi connectivity index (χ1v) is 4.53. The number of hydrogen-bond donors (Lipinski definition) is 2. The van der Waals surface area contributed by atoms with Gasteiger partial charge in [0.1, 0.15) is 5.69 Å². The number of aromatic nitrogens is 1. The van der Waals surface area contributed by atoms with Crippen LogP contribution in [0.2, 0.25) is 0 Å². The second-order valence-electron chi connectivity index (χ2n) is 3.51. The van der Waals surface area contributed by atoms with Crippen LogP contribution in [-0.4, -0.2) is 22.6 Å². The molecule has 1 aromatic rings. The number of carbonyl (C=O) groups is 1. The van der Waals surface area contributed by atoms with E-state index in [4.69, 9.17) is 5.11 Å². The summed E-state index contributed by atoms with van der Waals surface area (Å²) in [5.74, 6) is -0.449. The van der Waals surface area contributed by atoms with Crippen LogP contribution >= 0.6 is 0 Å². The van der Waals surface area contributed by atoms with E-state index in [0.717, 1.165) is 12.2 Å². The van der Waals surface area contributed by atoms with Crippen LogP contribution in [0.25, 0.3) is 0 Å². The Kier molecular flexibility index (Phi) is 3.45. The van der Waals surface area contributed by atoms with Gasteiger partial charge in [-0.2, -0.15) is 0 Å². The molecule has 0 aliphatic carbocycles. The summed E-state index contributed by atoms with van der Waals surface area (Å²) in [6.45, 7) is 5.06.